The molecule has 0 aromatic heterocycles. The van der Waals surface area contributed by atoms with Crippen LogP contribution < -0.4 is 5.73 Å². The number of piperidine rings is 1. The van der Waals surface area contributed by atoms with Crippen molar-refractivity contribution in [2.45, 2.75) is 26.7 Å². The van der Waals surface area contributed by atoms with Gasteiger partial charge in [0.05, 0.1) is 5.92 Å². The van der Waals surface area contributed by atoms with Gasteiger partial charge < -0.3 is 10.6 Å². The van der Waals surface area contributed by atoms with Crippen molar-refractivity contribution < 1.29 is 9.59 Å². The van der Waals surface area contributed by atoms with E-state index < -0.39 is 0 Å². The van der Waals surface area contributed by atoms with Gasteiger partial charge in [-0.1, -0.05) is 17.2 Å². The molecule has 1 aliphatic rings. The van der Waals surface area contributed by atoms with Crippen LogP contribution in [0.5, 0.6) is 0 Å². The monoisotopic (exact) mass is 260 g/mol. The number of likely N-dealkylation sites (tertiary alicyclic amines) is 1. The van der Waals surface area contributed by atoms with E-state index in [2.05, 4.69) is 0 Å². The molecular weight excluding hydrogens is 240 g/mol. The minimum atomic E-state index is -0.307. The summed E-state index contributed by atoms with van der Waals surface area (Å²) in [6.07, 6.45) is 1.62. The van der Waals surface area contributed by atoms with Gasteiger partial charge in [0.15, 0.2) is 0 Å². The second-order valence-electron chi connectivity index (χ2n) is 5.37. The van der Waals surface area contributed by atoms with Crippen molar-refractivity contribution in [3.63, 3.8) is 0 Å². The van der Waals surface area contributed by atoms with E-state index in [0.717, 1.165) is 24.0 Å². The quantitative estimate of drug-likeness (QED) is 0.878. The number of hydrogen-bond donors (Lipinski definition) is 1. The van der Waals surface area contributed by atoms with Gasteiger partial charge in [-0.25, -0.2) is 0 Å². The second-order valence-corrected chi connectivity index (χ2v) is 5.37. The fourth-order valence-corrected chi connectivity index (χ4v) is 2.67. The fraction of sp³-hybridized carbons (Fsp3) is 0.467. The van der Waals surface area contributed by atoms with Gasteiger partial charge in [-0.05, 0) is 38.8 Å². The van der Waals surface area contributed by atoms with Crippen molar-refractivity contribution in [1.29, 1.82) is 0 Å². The molecule has 1 aliphatic heterocycles. The van der Waals surface area contributed by atoms with E-state index >= 15 is 0 Å². The molecule has 1 atom stereocenters. The van der Waals surface area contributed by atoms with Gasteiger partial charge in [0.2, 0.25) is 5.91 Å². The number of carbonyl (C=O) groups is 2. The van der Waals surface area contributed by atoms with E-state index in [0.29, 0.717) is 18.7 Å². The number of hydrogen-bond acceptors (Lipinski definition) is 2. The van der Waals surface area contributed by atoms with Crippen LogP contribution in [0.25, 0.3) is 0 Å². The van der Waals surface area contributed by atoms with E-state index in [4.69, 9.17) is 5.73 Å². The van der Waals surface area contributed by atoms with Gasteiger partial charge in [-0.15, -0.1) is 0 Å². The first-order valence-electron chi connectivity index (χ1n) is 6.64. The number of benzene rings is 1. The highest BCUT2D eigenvalue weighted by molar-refractivity contribution is 5.95. The van der Waals surface area contributed by atoms with Gasteiger partial charge in [0.1, 0.15) is 0 Å². The third-order valence-corrected chi connectivity index (χ3v) is 3.58. The lowest BCUT2D eigenvalue weighted by Gasteiger charge is -2.31. The largest absolute Gasteiger partial charge is 0.369 e. The molecule has 1 unspecified atom stereocenters. The molecule has 4 nitrogen and oxygen atoms in total. The molecular formula is C15H20N2O2. The molecule has 0 aliphatic carbocycles. The first kappa shape index (κ1) is 13.6. The van der Waals surface area contributed by atoms with Crippen molar-refractivity contribution in [3.8, 4) is 0 Å². The molecule has 2 N–H and O–H groups in total. The van der Waals surface area contributed by atoms with E-state index in [1.165, 1.54) is 0 Å². The van der Waals surface area contributed by atoms with Crippen LogP contribution in [-0.4, -0.2) is 29.8 Å². The minimum Gasteiger partial charge on any atom is -0.369 e. The van der Waals surface area contributed by atoms with Gasteiger partial charge in [0, 0.05) is 18.7 Å². The molecule has 1 aromatic rings. The van der Waals surface area contributed by atoms with E-state index in [1.54, 1.807) is 4.90 Å². The Labute approximate surface area is 113 Å². The highest BCUT2D eigenvalue weighted by Crippen LogP contribution is 2.19. The molecule has 2 rings (SSSR count). The molecule has 19 heavy (non-hydrogen) atoms. The smallest absolute Gasteiger partial charge is 0.253 e. The van der Waals surface area contributed by atoms with Crippen LogP contribution in [0.1, 0.15) is 34.3 Å². The molecule has 102 valence electrons. The molecule has 0 spiro atoms. The number of carbonyl (C=O) groups excluding carboxylic acids is 2. The molecule has 0 radical (unpaired) electrons. The van der Waals surface area contributed by atoms with Crippen LogP contribution in [0.2, 0.25) is 0 Å². The third-order valence-electron chi connectivity index (χ3n) is 3.58. The fourth-order valence-electron chi connectivity index (χ4n) is 2.67. The maximum absolute atomic E-state index is 12.4. The van der Waals surface area contributed by atoms with Crippen molar-refractivity contribution in [2.75, 3.05) is 13.1 Å². The summed E-state index contributed by atoms with van der Waals surface area (Å²) in [6.45, 7) is 5.11. The number of nitrogens with two attached hydrogens (primary N) is 1. The van der Waals surface area contributed by atoms with E-state index in [1.807, 2.05) is 32.0 Å². The van der Waals surface area contributed by atoms with Crippen LogP contribution in [0.3, 0.4) is 0 Å². The van der Waals surface area contributed by atoms with Crippen molar-refractivity contribution in [3.05, 3.63) is 34.9 Å². The lowest BCUT2D eigenvalue weighted by Crippen LogP contribution is -2.44. The molecule has 1 heterocycles. The first-order valence-corrected chi connectivity index (χ1v) is 6.64. The normalized spacial score (nSPS) is 19.3. The predicted octanol–water partition coefficient (Wildman–Crippen LogP) is 1.64. The number of primary amides is 1. The van der Waals surface area contributed by atoms with Gasteiger partial charge in [-0.3, -0.25) is 9.59 Å². The summed E-state index contributed by atoms with van der Waals surface area (Å²) in [5.41, 5.74) is 8.19. The first-order chi connectivity index (χ1) is 8.97. The Kier molecular flexibility index (Phi) is 3.88. The van der Waals surface area contributed by atoms with Gasteiger partial charge in [-0.2, -0.15) is 0 Å². The Morgan fingerprint density at radius 3 is 2.42 bits per heavy atom. The number of nitrogens with zero attached hydrogens (tertiary/aromatic N) is 1. The molecule has 1 aromatic carbocycles. The van der Waals surface area contributed by atoms with Crippen molar-refractivity contribution in [2.24, 2.45) is 11.7 Å². The van der Waals surface area contributed by atoms with Crippen molar-refractivity contribution >= 4 is 11.8 Å². The topological polar surface area (TPSA) is 63.4 Å². The standard InChI is InChI=1S/C15H20N2O2/c1-10-6-11(2)8-13(7-10)15(19)17-5-3-4-12(9-17)14(16)18/h6-8,12H,3-5,9H2,1-2H3,(H2,16,18). The summed E-state index contributed by atoms with van der Waals surface area (Å²) in [6, 6.07) is 5.83. The van der Waals surface area contributed by atoms with Crippen LogP contribution in [-0.2, 0) is 4.79 Å². The maximum Gasteiger partial charge on any atom is 0.253 e. The maximum atomic E-state index is 12.4. The third kappa shape index (κ3) is 3.13. The summed E-state index contributed by atoms with van der Waals surface area (Å²) in [5, 5.41) is 0. The Bertz CT molecular complexity index is 491. The Morgan fingerprint density at radius 2 is 1.84 bits per heavy atom. The highest BCUT2D eigenvalue weighted by Gasteiger charge is 2.27. The average Bonchev–Trinajstić information content (AvgIpc) is 2.37. The zero-order chi connectivity index (χ0) is 14.0. The number of rotatable bonds is 2. The summed E-state index contributed by atoms with van der Waals surface area (Å²) < 4.78 is 0. The van der Waals surface area contributed by atoms with Crippen LogP contribution in [0.15, 0.2) is 18.2 Å². The average molecular weight is 260 g/mol. The van der Waals surface area contributed by atoms with Crippen molar-refractivity contribution in [1.82, 2.24) is 4.90 Å². The van der Waals surface area contributed by atoms with Crippen LogP contribution in [0, 0.1) is 19.8 Å². The minimum absolute atomic E-state index is 0.00208. The van der Waals surface area contributed by atoms with E-state index in [9.17, 15) is 9.59 Å². The summed E-state index contributed by atoms with van der Waals surface area (Å²) in [7, 11) is 0. The number of amides is 2. The molecule has 0 saturated carbocycles. The summed E-state index contributed by atoms with van der Waals surface area (Å²) in [4.78, 5) is 25.4. The lowest BCUT2D eigenvalue weighted by atomic mass is 9.96. The number of aryl methyl sites for hydroxylation is 2. The molecule has 1 saturated heterocycles. The van der Waals surface area contributed by atoms with Gasteiger partial charge >= 0.3 is 0 Å². The SMILES string of the molecule is Cc1cc(C)cc(C(=O)N2CCCC(C(N)=O)C2)c1. The summed E-state index contributed by atoms with van der Waals surface area (Å²) in [5.74, 6) is -0.515. The zero-order valence-corrected chi connectivity index (χ0v) is 11.5. The Morgan fingerprint density at radius 1 is 1.21 bits per heavy atom. The van der Waals surface area contributed by atoms with Crippen LogP contribution in [0.4, 0.5) is 0 Å². The molecule has 1 fully saturated rings. The Balaban J connectivity index is 2.16. The van der Waals surface area contributed by atoms with Gasteiger partial charge in [0.25, 0.3) is 5.91 Å². The molecule has 2 amide bonds. The molecule has 4 heteroatoms. The second kappa shape index (κ2) is 5.43. The molecule has 0 bridgehead atoms. The zero-order valence-electron chi connectivity index (χ0n) is 11.5. The predicted molar refractivity (Wildman–Crippen MR) is 73.7 cm³/mol. The highest BCUT2D eigenvalue weighted by atomic mass is 16.2. The van der Waals surface area contributed by atoms with Crippen LogP contribution >= 0.6 is 0 Å². The summed E-state index contributed by atoms with van der Waals surface area (Å²) >= 11 is 0. The lowest BCUT2D eigenvalue weighted by molar-refractivity contribution is -0.123. The Hall–Kier alpha value is -1.84. The van der Waals surface area contributed by atoms with E-state index in [-0.39, 0.29) is 17.7 Å².